The number of nitrogens with zero attached hydrogens (tertiary/aromatic N) is 2. The van der Waals surface area contributed by atoms with E-state index in [2.05, 4.69) is 20.5 Å². The Bertz CT molecular complexity index is 389. The molecule has 1 aromatic heterocycles. The van der Waals surface area contributed by atoms with Gasteiger partial charge in [0.2, 0.25) is 11.8 Å². The second-order valence-corrected chi connectivity index (χ2v) is 3.20. The van der Waals surface area contributed by atoms with Gasteiger partial charge in [0.15, 0.2) is 0 Å². The summed E-state index contributed by atoms with van der Waals surface area (Å²) in [7, 11) is 0. The molecule has 0 aliphatic carbocycles. The maximum Gasteiger partial charge on any atom is 0.326 e. The van der Waals surface area contributed by atoms with Crippen molar-refractivity contribution in [2.45, 2.75) is 25.8 Å². The maximum atomic E-state index is 11.5. The number of carbonyl (C=O) groups excluding carboxylic acids is 1. The molecule has 0 saturated carbocycles. The number of aliphatic carboxylic acids is 1. The van der Waals surface area contributed by atoms with E-state index in [0.29, 0.717) is 12.8 Å². The molecule has 1 amide bonds. The zero-order chi connectivity index (χ0) is 12.1. The Morgan fingerprint density at radius 2 is 2.31 bits per heavy atom. The molecule has 1 rings (SSSR count). The van der Waals surface area contributed by atoms with Gasteiger partial charge in [-0.1, -0.05) is 13.3 Å². The SMILES string of the molecule is CCC[C@@H](NC(=O)c1nc(N)n[nH]1)C(=O)O. The van der Waals surface area contributed by atoms with Crippen LogP contribution in [0.25, 0.3) is 0 Å². The van der Waals surface area contributed by atoms with E-state index < -0.39 is 17.9 Å². The molecule has 8 heteroatoms. The Balaban J connectivity index is 2.65. The minimum absolute atomic E-state index is 0.0625. The van der Waals surface area contributed by atoms with Crippen molar-refractivity contribution in [1.82, 2.24) is 20.5 Å². The molecule has 0 saturated heterocycles. The van der Waals surface area contributed by atoms with Gasteiger partial charge in [-0.3, -0.25) is 9.89 Å². The largest absolute Gasteiger partial charge is 0.480 e. The molecular formula is C8H13N5O3. The second kappa shape index (κ2) is 5.10. The lowest BCUT2D eigenvalue weighted by Gasteiger charge is -2.11. The van der Waals surface area contributed by atoms with Crippen molar-refractivity contribution in [1.29, 1.82) is 0 Å². The van der Waals surface area contributed by atoms with E-state index in [0.717, 1.165) is 0 Å². The van der Waals surface area contributed by atoms with Crippen molar-refractivity contribution in [2.24, 2.45) is 0 Å². The number of hydrogen-bond donors (Lipinski definition) is 4. The quantitative estimate of drug-likeness (QED) is 0.529. The van der Waals surface area contributed by atoms with Gasteiger partial charge in [-0.05, 0) is 6.42 Å². The number of nitrogens with two attached hydrogens (primary N) is 1. The first-order chi connectivity index (χ1) is 7.54. The highest BCUT2D eigenvalue weighted by molar-refractivity contribution is 5.93. The number of hydrogen-bond acceptors (Lipinski definition) is 5. The molecule has 0 radical (unpaired) electrons. The van der Waals surface area contributed by atoms with Crippen LogP contribution in [0.2, 0.25) is 0 Å². The lowest BCUT2D eigenvalue weighted by atomic mass is 10.1. The number of H-pyrrole nitrogens is 1. The fourth-order valence-corrected chi connectivity index (χ4v) is 1.15. The van der Waals surface area contributed by atoms with Crippen LogP contribution >= 0.6 is 0 Å². The van der Waals surface area contributed by atoms with Crippen LogP contribution in [0.1, 0.15) is 30.4 Å². The molecule has 0 bridgehead atoms. The van der Waals surface area contributed by atoms with Gasteiger partial charge in [-0.15, -0.1) is 5.10 Å². The summed E-state index contributed by atoms with van der Waals surface area (Å²) in [6.07, 6.45) is 1.00. The monoisotopic (exact) mass is 227 g/mol. The Morgan fingerprint density at radius 3 is 2.75 bits per heavy atom. The number of rotatable bonds is 5. The van der Waals surface area contributed by atoms with Gasteiger partial charge in [-0.25, -0.2) is 4.79 Å². The molecule has 1 aromatic rings. The van der Waals surface area contributed by atoms with Gasteiger partial charge >= 0.3 is 5.97 Å². The van der Waals surface area contributed by atoms with Crippen LogP contribution in [0.5, 0.6) is 0 Å². The molecular weight excluding hydrogens is 214 g/mol. The van der Waals surface area contributed by atoms with E-state index in [1.807, 2.05) is 6.92 Å². The zero-order valence-electron chi connectivity index (χ0n) is 8.73. The molecule has 0 unspecified atom stereocenters. The third-order valence-corrected chi connectivity index (χ3v) is 1.90. The van der Waals surface area contributed by atoms with Crippen LogP contribution in [0.15, 0.2) is 0 Å². The lowest BCUT2D eigenvalue weighted by molar-refractivity contribution is -0.139. The molecule has 1 heterocycles. The van der Waals surface area contributed by atoms with Crippen LogP contribution in [0.3, 0.4) is 0 Å². The minimum atomic E-state index is -1.08. The summed E-state index contributed by atoms with van der Waals surface area (Å²) in [6, 6.07) is -0.927. The van der Waals surface area contributed by atoms with Crippen LogP contribution < -0.4 is 11.1 Å². The summed E-state index contributed by atoms with van der Waals surface area (Å²) in [4.78, 5) is 25.8. The molecule has 1 atom stereocenters. The van der Waals surface area contributed by atoms with Gasteiger partial charge in [0, 0.05) is 0 Å². The zero-order valence-corrected chi connectivity index (χ0v) is 8.73. The summed E-state index contributed by atoms with van der Waals surface area (Å²) < 4.78 is 0. The molecule has 8 nitrogen and oxygen atoms in total. The summed E-state index contributed by atoms with van der Waals surface area (Å²) in [5.74, 6) is -1.87. The highest BCUT2D eigenvalue weighted by Crippen LogP contribution is 1.99. The Morgan fingerprint density at radius 1 is 1.62 bits per heavy atom. The summed E-state index contributed by atoms with van der Waals surface area (Å²) >= 11 is 0. The van der Waals surface area contributed by atoms with Gasteiger partial charge < -0.3 is 16.2 Å². The van der Waals surface area contributed by atoms with Crippen molar-refractivity contribution >= 4 is 17.8 Å². The normalized spacial score (nSPS) is 12.1. The van der Waals surface area contributed by atoms with Gasteiger partial charge in [0.05, 0.1) is 0 Å². The number of amides is 1. The van der Waals surface area contributed by atoms with E-state index in [-0.39, 0.29) is 11.8 Å². The first-order valence-electron chi connectivity index (χ1n) is 4.76. The van der Waals surface area contributed by atoms with Gasteiger partial charge in [0.1, 0.15) is 6.04 Å². The Hall–Kier alpha value is -2.12. The number of anilines is 1. The molecule has 0 aliphatic heterocycles. The Kier molecular flexibility index (Phi) is 3.81. The predicted octanol–water partition coefficient (Wildman–Crippen LogP) is -0.630. The third kappa shape index (κ3) is 2.94. The van der Waals surface area contributed by atoms with Crippen molar-refractivity contribution in [3.63, 3.8) is 0 Å². The molecule has 0 aromatic carbocycles. The van der Waals surface area contributed by atoms with Crippen molar-refractivity contribution in [3.8, 4) is 0 Å². The smallest absolute Gasteiger partial charge is 0.326 e. The molecule has 0 fully saturated rings. The van der Waals surface area contributed by atoms with E-state index in [4.69, 9.17) is 10.8 Å². The number of nitrogens with one attached hydrogen (secondary N) is 2. The number of carbonyl (C=O) groups is 2. The van der Waals surface area contributed by atoms with E-state index in [1.54, 1.807) is 0 Å². The summed E-state index contributed by atoms with van der Waals surface area (Å²) in [6.45, 7) is 1.83. The molecule has 5 N–H and O–H groups in total. The maximum absolute atomic E-state index is 11.5. The summed E-state index contributed by atoms with van der Waals surface area (Å²) in [5, 5.41) is 16.9. The Labute approximate surface area is 91.2 Å². The predicted molar refractivity (Wildman–Crippen MR) is 54.6 cm³/mol. The highest BCUT2D eigenvalue weighted by Gasteiger charge is 2.21. The molecule has 16 heavy (non-hydrogen) atoms. The van der Waals surface area contributed by atoms with Crippen LogP contribution in [-0.4, -0.2) is 38.2 Å². The number of nitrogen functional groups attached to an aromatic ring is 1. The van der Waals surface area contributed by atoms with Gasteiger partial charge in [-0.2, -0.15) is 4.98 Å². The standard InChI is InChI=1S/C8H13N5O3/c1-2-3-4(7(15)16)10-6(14)5-11-8(9)13-12-5/h4H,2-3H2,1H3,(H,10,14)(H,15,16)(H3,9,11,12,13)/t4-/m1/s1. The van der Waals surface area contributed by atoms with Gasteiger partial charge in [0.25, 0.3) is 5.91 Å². The van der Waals surface area contributed by atoms with Crippen molar-refractivity contribution in [3.05, 3.63) is 5.82 Å². The average Bonchev–Trinajstić information content (AvgIpc) is 2.64. The van der Waals surface area contributed by atoms with Crippen molar-refractivity contribution < 1.29 is 14.7 Å². The van der Waals surface area contributed by atoms with Crippen molar-refractivity contribution in [2.75, 3.05) is 5.73 Å². The fraction of sp³-hybridized carbons (Fsp3) is 0.500. The first-order valence-corrected chi connectivity index (χ1v) is 4.76. The lowest BCUT2D eigenvalue weighted by Crippen LogP contribution is -2.41. The van der Waals surface area contributed by atoms with Crippen LogP contribution in [0.4, 0.5) is 5.95 Å². The molecule has 0 spiro atoms. The van der Waals surface area contributed by atoms with E-state index in [9.17, 15) is 9.59 Å². The molecule has 0 aliphatic rings. The number of carboxylic acids is 1. The number of aromatic amines is 1. The van der Waals surface area contributed by atoms with Crippen LogP contribution in [-0.2, 0) is 4.79 Å². The fourth-order valence-electron chi connectivity index (χ4n) is 1.15. The van der Waals surface area contributed by atoms with E-state index in [1.165, 1.54) is 0 Å². The number of aromatic nitrogens is 3. The summed E-state index contributed by atoms with van der Waals surface area (Å²) in [5.41, 5.74) is 5.22. The van der Waals surface area contributed by atoms with Crippen LogP contribution in [0, 0.1) is 0 Å². The average molecular weight is 227 g/mol. The minimum Gasteiger partial charge on any atom is -0.480 e. The highest BCUT2D eigenvalue weighted by atomic mass is 16.4. The molecule has 88 valence electrons. The topological polar surface area (TPSA) is 134 Å². The third-order valence-electron chi connectivity index (χ3n) is 1.90. The second-order valence-electron chi connectivity index (χ2n) is 3.20. The first kappa shape index (κ1) is 12.0. The number of carboxylic acid groups (broad SMARTS) is 1. The van der Waals surface area contributed by atoms with E-state index >= 15 is 0 Å².